The van der Waals surface area contributed by atoms with E-state index in [0.717, 1.165) is 17.0 Å². The minimum absolute atomic E-state index is 0.0309. The van der Waals surface area contributed by atoms with E-state index in [2.05, 4.69) is 10.6 Å². The van der Waals surface area contributed by atoms with Crippen molar-refractivity contribution >= 4 is 11.6 Å². The molecule has 1 amide bonds. The summed E-state index contributed by atoms with van der Waals surface area (Å²) in [5.41, 5.74) is 2.61. The molecule has 30 heavy (non-hydrogen) atoms. The molecule has 3 aromatic carbocycles. The molecule has 0 saturated heterocycles. The first kappa shape index (κ1) is 20.0. The van der Waals surface area contributed by atoms with Crippen molar-refractivity contribution in [2.24, 2.45) is 5.92 Å². The highest BCUT2D eigenvalue weighted by Crippen LogP contribution is 2.48. The molecular weight excluding hydrogens is 379 g/mol. The van der Waals surface area contributed by atoms with Gasteiger partial charge in [0, 0.05) is 24.2 Å². The number of hydrogen-bond donors (Lipinski definition) is 2. The predicted octanol–water partition coefficient (Wildman–Crippen LogP) is 4.91. The predicted molar refractivity (Wildman–Crippen MR) is 116 cm³/mol. The van der Waals surface area contributed by atoms with E-state index < -0.39 is 0 Å². The number of amides is 1. The lowest BCUT2D eigenvalue weighted by molar-refractivity contribution is -0.122. The molecule has 0 unspecified atom stereocenters. The van der Waals surface area contributed by atoms with E-state index in [9.17, 15) is 9.18 Å². The minimum atomic E-state index is -0.236. The quantitative estimate of drug-likeness (QED) is 0.561. The molecule has 1 fully saturated rings. The maximum atomic E-state index is 14.0. The number of ether oxygens (including phenoxy) is 1. The van der Waals surface area contributed by atoms with Gasteiger partial charge in [-0.3, -0.25) is 4.79 Å². The third-order valence-corrected chi connectivity index (χ3v) is 5.52. The molecule has 1 aliphatic carbocycles. The van der Waals surface area contributed by atoms with Gasteiger partial charge < -0.3 is 15.4 Å². The normalized spacial score (nSPS) is 18.3. The van der Waals surface area contributed by atoms with E-state index in [1.54, 1.807) is 19.2 Å². The Labute approximate surface area is 176 Å². The largest absolute Gasteiger partial charge is 0.497 e. The highest BCUT2D eigenvalue weighted by Gasteiger charge is 2.45. The van der Waals surface area contributed by atoms with Gasteiger partial charge in [-0.1, -0.05) is 54.6 Å². The van der Waals surface area contributed by atoms with E-state index in [1.807, 2.05) is 60.7 Å². The van der Waals surface area contributed by atoms with Crippen molar-refractivity contribution in [3.05, 3.63) is 95.8 Å². The first-order valence-corrected chi connectivity index (χ1v) is 10.1. The van der Waals surface area contributed by atoms with Crippen molar-refractivity contribution in [2.45, 2.75) is 18.4 Å². The smallest absolute Gasteiger partial charge is 0.223 e. The number of methoxy groups -OCH3 is 1. The third kappa shape index (κ3) is 4.62. The van der Waals surface area contributed by atoms with Gasteiger partial charge in [-0.2, -0.15) is 0 Å². The van der Waals surface area contributed by atoms with E-state index in [1.165, 1.54) is 6.07 Å². The van der Waals surface area contributed by atoms with Crippen LogP contribution in [0.1, 0.15) is 29.5 Å². The van der Waals surface area contributed by atoms with E-state index >= 15 is 0 Å². The lowest BCUT2D eigenvalue weighted by atomic mass is 10.1. The van der Waals surface area contributed by atoms with Gasteiger partial charge in [-0.25, -0.2) is 4.39 Å². The molecule has 1 saturated carbocycles. The highest BCUT2D eigenvalue weighted by molar-refractivity contribution is 5.83. The van der Waals surface area contributed by atoms with Crippen LogP contribution in [-0.2, 0) is 4.79 Å². The summed E-state index contributed by atoms with van der Waals surface area (Å²) in [4.78, 5) is 12.7. The lowest BCUT2D eigenvalue weighted by Gasteiger charge is -2.21. The number of carbonyl (C=O) groups excluding carboxylic acids is 1. The number of benzene rings is 3. The van der Waals surface area contributed by atoms with Crippen LogP contribution in [0.4, 0.5) is 10.1 Å². The number of anilines is 1. The average molecular weight is 404 g/mol. The van der Waals surface area contributed by atoms with Crippen LogP contribution in [0.3, 0.4) is 0 Å². The molecule has 0 bridgehead atoms. The van der Waals surface area contributed by atoms with Crippen molar-refractivity contribution in [1.29, 1.82) is 0 Å². The second-order valence-corrected chi connectivity index (χ2v) is 7.55. The van der Waals surface area contributed by atoms with Crippen LogP contribution in [0.25, 0.3) is 0 Å². The number of halogens is 1. The summed E-state index contributed by atoms with van der Waals surface area (Å²) in [6, 6.07) is 24.3. The minimum Gasteiger partial charge on any atom is -0.497 e. The topological polar surface area (TPSA) is 50.4 Å². The van der Waals surface area contributed by atoms with Crippen LogP contribution in [-0.4, -0.2) is 19.6 Å². The second kappa shape index (κ2) is 8.99. The Bertz CT molecular complexity index is 1010. The summed E-state index contributed by atoms with van der Waals surface area (Å²) in [7, 11) is 1.63. The van der Waals surface area contributed by atoms with Crippen LogP contribution < -0.4 is 15.4 Å². The fourth-order valence-corrected chi connectivity index (χ4v) is 3.79. The highest BCUT2D eigenvalue weighted by atomic mass is 19.1. The number of hydrogen-bond acceptors (Lipinski definition) is 3. The van der Waals surface area contributed by atoms with Crippen molar-refractivity contribution < 1.29 is 13.9 Å². The van der Waals surface area contributed by atoms with E-state index in [-0.39, 0.29) is 29.6 Å². The van der Waals surface area contributed by atoms with Gasteiger partial charge in [-0.15, -0.1) is 0 Å². The molecule has 5 heteroatoms. The Balaban J connectivity index is 1.42. The van der Waals surface area contributed by atoms with Gasteiger partial charge in [0.25, 0.3) is 0 Å². The van der Waals surface area contributed by atoms with Crippen molar-refractivity contribution in [1.82, 2.24) is 5.32 Å². The van der Waals surface area contributed by atoms with Gasteiger partial charge >= 0.3 is 0 Å². The Kier molecular flexibility index (Phi) is 5.98. The molecule has 4 rings (SSSR count). The summed E-state index contributed by atoms with van der Waals surface area (Å²) >= 11 is 0. The first-order chi connectivity index (χ1) is 14.7. The Morgan fingerprint density at radius 1 is 1.07 bits per heavy atom. The lowest BCUT2D eigenvalue weighted by Crippen LogP contribution is -2.32. The Morgan fingerprint density at radius 2 is 1.83 bits per heavy atom. The standard InChI is InChI=1S/C25H25FN2O2/c1-30-19-11-7-10-18(14-19)28-24(17-8-3-2-4-9-17)16-27-25(29)22-15-21(22)20-12-5-6-13-23(20)26/h2-14,21-22,24,28H,15-16H2,1H3,(H,27,29)/t21-,22+,24+/m0/s1. The van der Waals surface area contributed by atoms with E-state index in [4.69, 9.17) is 4.74 Å². The maximum absolute atomic E-state index is 14.0. The Morgan fingerprint density at radius 3 is 2.60 bits per heavy atom. The molecule has 154 valence electrons. The molecule has 2 N–H and O–H groups in total. The van der Waals surface area contributed by atoms with Crippen LogP contribution >= 0.6 is 0 Å². The molecule has 0 heterocycles. The molecule has 0 aromatic heterocycles. The molecule has 3 atom stereocenters. The zero-order chi connectivity index (χ0) is 20.9. The Hall–Kier alpha value is -3.34. The zero-order valence-electron chi connectivity index (χ0n) is 16.8. The molecule has 0 radical (unpaired) electrons. The van der Waals surface area contributed by atoms with Crippen LogP contribution in [0.5, 0.6) is 5.75 Å². The first-order valence-electron chi connectivity index (χ1n) is 10.1. The van der Waals surface area contributed by atoms with Gasteiger partial charge in [0.1, 0.15) is 11.6 Å². The number of carbonyl (C=O) groups is 1. The fraction of sp³-hybridized carbons (Fsp3) is 0.240. The summed E-state index contributed by atoms with van der Waals surface area (Å²) in [6.45, 7) is 0.431. The molecular formula is C25H25FN2O2. The molecule has 0 spiro atoms. The van der Waals surface area contributed by atoms with E-state index in [0.29, 0.717) is 18.5 Å². The molecule has 1 aliphatic rings. The van der Waals surface area contributed by atoms with Gasteiger partial charge in [0.2, 0.25) is 5.91 Å². The van der Waals surface area contributed by atoms with Crippen LogP contribution in [0.15, 0.2) is 78.9 Å². The van der Waals surface area contributed by atoms with Crippen molar-refractivity contribution in [3.63, 3.8) is 0 Å². The fourth-order valence-electron chi connectivity index (χ4n) is 3.79. The van der Waals surface area contributed by atoms with Gasteiger partial charge in [0.15, 0.2) is 0 Å². The van der Waals surface area contributed by atoms with Crippen molar-refractivity contribution in [3.8, 4) is 5.75 Å². The number of nitrogens with one attached hydrogen (secondary N) is 2. The average Bonchev–Trinajstić information content (AvgIpc) is 3.58. The summed E-state index contributed by atoms with van der Waals surface area (Å²) in [5, 5.41) is 6.54. The number of rotatable bonds is 8. The second-order valence-electron chi connectivity index (χ2n) is 7.55. The maximum Gasteiger partial charge on any atom is 0.223 e. The zero-order valence-corrected chi connectivity index (χ0v) is 16.8. The summed E-state index contributed by atoms with van der Waals surface area (Å²) < 4.78 is 19.3. The third-order valence-electron chi connectivity index (χ3n) is 5.52. The molecule has 4 nitrogen and oxygen atoms in total. The SMILES string of the molecule is COc1cccc(N[C@H](CNC(=O)[C@@H]2C[C@H]2c2ccccc2F)c2ccccc2)c1. The van der Waals surface area contributed by atoms with Crippen LogP contribution in [0.2, 0.25) is 0 Å². The summed E-state index contributed by atoms with van der Waals surface area (Å²) in [5.74, 6) is 0.292. The van der Waals surface area contributed by atoms with Gasteiger partial charge in [-0.05, 0) is 41.7 Å². The molecule has 3 aromatic rings. The van der Waals surface area contributed by atoms with Crippen LogP contribution in [0, 0.1) is 11.7 Å². The molecule has 0 aliphatic heterocycles. The van der Waals surface area contributed by atoms with Gasteiger partial charge in [0.05, 0.1) is 13.2 Å². The summed E-state index contributed by atoms with van der Waals surface area (Å²) in [6.07, 6.45) is 0.687. The van der Waals surface area contributed by atoms with Crippen molar-refractivity contribution in [2.75, 3.05) is 19.0 Å². The monoisotopic (exact) mass is 404 g/mol.